The van der Waals surface area contributed by atoms with Crippen LogP contribution in [0.3, 0.4) is 0 Å². The van der Waals surface area contributed by atoms with Gasteiger partial charge in [0.25, 0.3) is 5.91 Å². The predicted molar refractivity (Wildman–Crippen MR) is 111 cm³/mol. The largest absolute Gasteiger partial charge is 0.494 e. The molecule has 0 fully saturated rings. The van der Waals surface area contributed by atoms with Crippen LogP contribution in [-0.2, 0) is 10.3 Å². The molecular formula is C23H19F6N3O3. The lowest BCUT2D eigenvalue weighted by Gasteiger charge is -2.40. The lowest BCUT2D eigenvalue weighted by Crippen LogP contribution is -2.58. The van der Waals surface area contributed by atoms with Crippen molar-refractivity contribution in [1.82, 2.24) is 10.3 Å². The fourth-order valence-corrected chi connectivity index (χ4v) is 3.64. The van der Waals surface area contributed by atoms with E-state index in [-0.39, 0.29) is 41.4 Å². The summed E-state index contributed by atoms with van der Waals surface area (Å²) in [6.07, 6.45) is -10.2. The van der Waals surface area contributed by atoms with E-state index in [1.165, 1.54) is 37.6 Å². The Morgan fingerprint density at radius 2 is 1.80 bits per heavy atom. The molecule has 2 aromatic rings. The highest BCUT2D eigenvalue weighted by atomic mass is 19.4. The number of hydrogen-bond acceptors (Lipinski definition) is 5. The minimum absolute atomic E-state index is 0.0724. The summed E-state index contributed by atoms with van der Waals surface area (Å²) in [5.74, 6) is -0.932. The Kier molecular flexibility index (Phi) is 7.28. The molecule has 0 saturated heterocycles. The van der Waals surface area contributed by atoms with Gasteiger partial charge in [-0.25, -0.2) is 4.98 Å². The summed E-state index contributed by atoms with van der Waals surface area (Å²) in [5.41, 5.74) is -3.67. The number of nitriles is 1. The normalized spacial score (nSPS) is 18.6. The Labute approximate surface area is 196 Å². The number of pyridine rings is 1. The van der Waals surface area contributed by atoms with Crippen LogP contribution in [0.2, 0.25) is 0 Å². The van der Waals surface area contributed by atoms with E-state index in [0.29, 0.717) is 0 Å². The van der Waals surface area contributed by atoms with Gasteiger partial charge in [-0.2, -0.15) is 31.6 Å². The molecule has 1 aliphatic heterocycles. The van der Waals surface area contributed by atoms with Crippen molar-refractivity contribution in [2.45, 2.75) is 37.2 Å². The minimum Gasteiger partial charge on any atom is -0.494 e. The number of rotatable bonds is 7. The van der Waals surface area contributed by atoms with E-state index in [9.17, 15) is 36.4 Å². The molecule has 0 saturated carbocycles. The van der Waals surface area contributed by atoms with Crippen LogP contribution in [0, 0.1) is 11.3 Å². The van der Waals surface area contributed by atoms with Crippen molar-refractivity contribution in [3.05, 3.63) is 59.3 Å². The molecule has 0 radical (unpaired) electrons. The lowest BCUT2D eigenvalue weighted by molar-refractivity contribution is -0.201. The summed E-state index contributed by atoms with van der Waals surface area (Å²) in [4.78, 5) is 16.6. The highest BCUT2D eigenvalue weighted by molar-refractivity contribution is 6.07. The molecule has 1 aromatic heterocycles. The number of benzene rings is 1. The zero-order valence-corrected chi connectivity index (χ0v) is 18.3. The molecule has 0 spiro atoms. The summed E-state index contributed by atoms with van der Waals surface area (Å²) in [5, 5.41) is 11.4. The number of halogens is 6. The number of alkyl halides is 6. The van der Waals surface area contributed by atoms with Crippen molar-refractivity contribution in [3.63, 3.8) is 0 Å². The Morgan fingerprint density at radius 1 is 1.11 bits per heavy atom. The second-order valence-corrected chi connectivity index (χ2v) is 7.68. The van der Waals surface area contributed by atoms with E-state index in [4.69, 9.17) is 9.47 Å². The van der Waals surface area contributed by atoms with Gasteiger partial charge in [-0.05, 0) is 41.3 Å². The van der Waals surface area contributed by atoms with Gasteiger partial charge in [0.2, 0.25) is 5.88 Å². The molecule has 186 valence electrons. The van der Waals surface area contributed by atoms with Gasteiger partial charge in [0.15, 0.2) is 5.54 Å². The zero-order valence-electron chi connectivity index (χ0n) is 18.3. The fraction of sp³-hybridized carbons (Fsp3) is 0.348. The number of nitrogens with one attached hydrogen (secondary N) is 1. The van der Waals surface area contributed by atoms with Gasteiger partial charge in [-0.15, -0.1) is 0 Å². The van der Waals surface area contributed by atoms with Crippen LogP contribution in [0.25, 0.3) is 5.57 Å². The lowest BCUT2D eigenvalue weighted by atomic mass is 9.77. The molecule has 1 N–H and O–H groups in total. The van der Waals surface area contributed by atoms with E-state index < -0.39 is 42.2 Å². The van der Waals surface area contributed by atoms with Gasteiger partial charge >= 0.3 is 12.4 Å². The number of methoxy groups -OCH3 is 1. The number of hydrogen-bond donors (Lipinski definition) is 1. The van der Waals surface area contributed by atoms with Crippen LogP contribution >= 0.6 is 0 Å². The minimum atomic E-state index is -4.97. The third-order valence-electron chi connectivity index (χ3n) is 5.41. The number of amides is 1. The predicted octanol–water partition coefficient (Wildman–Crippen LogP) is 5.07. The molecule has 12 heteroatoms. The van der Waals surface area contributed by atoms with Gasteiger partial charge in [0, 0.05) is 25.1 Å². The van der Waals surface area contributed by atoms with Crippen LogP contribution in [0.1, 0.15) is 30.4 Å². The van der Waals surface area contributed by atoms with Crippen molar-refractivity contribution in [1.29, 1.82) is 5.26 Å². The van der Waals surface area contributed by atoms with Crippen molar-refractivity contribution in [3.8, 4) is 17.7 Å². The first-order valence-corrected chi connectivity index (χ1v) is 10.2. The molecule has 1 aliphatic rings. The molecule has 1 atom stereocenters. The molecule has 35 heavy (non-hydrogen) atoms. The number of carbonyl (C=O) groups is 1. The van der Waals surface area contributed by atoms with E-state index >= 15 is 0 Å². The fourth-order valence-electron chi connectivity index (χ4n) is 3.64. The summed E-state index contributed by atoms with van der Waals surface area (Å²) in [6.45, 7) is -0.275. The third-order valence-corrected chi connectivity index (χ3v) is 5.41. The van der Waals surface area contributed by atoms with Crippen molar-refractivity contribution < 1.29 is 40.6 Å². The van der Waals surface area contributed by atoms with Crippen LogP contribution in [-0.4, -0.2) is 37.0 Å². The summed E-state index contributed by atoms with van der Waals surface area (Å²) < 4.78 is 90.2. The van der Waals surface area contributed by atoms with E-state index in [0.717, 1.165) is 12.1 Å². The van der Waals surface area contributed by atoms with Gasteiger partial charge in [-0.3, -0.25) is 4.79 Å². The van der Waals surface area contributed by atoms with Gasteiger partial charge in [-0.1, -0.05) is 12.1 Å². The quantitative estimate of drug-likeness (QED) is 0.425. The zero-order chi connectivity index (χ0) is 25.9. The van der Waals surface area contributed by atoms with Crippen molar-refractivity contribution in [2.24, 2.45) is 0 Å². The highest BCUT2D eigenvalue weighted by Crippen LogP contribution is 2.48. The SMILES string of the molecule is COc1ccc(C2=C(C#N)C(=O)NC(c3ccc(OCCCC(F)(F)F)cc3)(C(F)(F)F)C2)cn1. The monoisotopic (exact) mass is 499 g/mol. The smallest absolute Gasteiger partial charge is 0.416 e. The van der Waals surface area contributed by atoms with Crippen LogP contribution in [0.4, 0.5) is 26.3 Å². The average Bonchev–Trinajstić information content (AvgIpc) is 2.80. The molecule has 2 heterocycles. The van der Waals surface area contributed by atoms with Gasteiger partial charge < -0.3 is 14.8 Å². The number of carbonyl (C=O) groups excluding carboxylic acids is 1. The molecule has 1 amide bonds. The summed E-state index contributed by atoms with van der Waals surface area (Å²) in [6, 6.07) is 8.97. The van der Waals surface area contributed by atoms with Gasteiger partial charge in [0.05, 0.1) is 13.7 Å². The first-order chi connectivity index (χ1) is 16.4. The number of ether oxygens (including phenoxy) is 2. The molecule has 6 nitrogen and oxygen atoms in total. The molecular weight excluding hydrogens is 480 g/mol. The third kappa shape index (κ3) is 5.67. The van der Waals surface area contributed by atoms with Crippen LogP contribution < -0.4 is 14.8 Å². The molecule has 3 rings (SSSR count). The standard InChI is InChI=1S/C23H19F6N3O3/c1-34-19-8-3-14(13-31-19)17-11-21(23(27,28)29,32-20(33)18(17)12-30)15-4-6-16(7-5-15)35-10-2-9-22(24,25)26/h3-8,13H,2,9-11H2,1H3,(H,32,33). The average molecular weight is 499 g/mol. The van der Waals surface area contributed by atoms with E-state index in [1.54, 1.807) is 6.07 Å². The van der Waals surface area contributed by atoms with Crippen molar-refractivity contribution >= 4 is 11.5 Å². The Hall–Kier alpha value is -3.75. The first-order valence-electron chi connectivity index (χ1n) is 10.2. The van der Waals surface area contributed by atoms with E-state index in [1.807, 2.05) is 5.32 Å². The maximum atomic E-state index is 14.5. The van der Waals surface area contributed by atoms with E-state index in [2.05, 4.69) is 4.98 Å². The maximum Gasteiger partial charge on any atom is 0.416 e. The molecule has 1 aromatic carbocycles. The van der Waals surface area contributed by atoms with Crippen LogP contribution in [0.5, 0.6) is 11.6 Å². The maximum absolute atomic E-state index is 14.5. The first kappa shape index (κ1) is 25.9. The second-order valence-electron chi connectivity index (χ2n) is 7.68. The summed E-state index contributed by atoms with van der Waals surface area (Å²) in [7, 11) is 1.36. The number of nitrogens with zero attached hydrogens (tertiary/aromatic N) is 2. The Bertz CT molecular complexity index is 1140. The number of aromatic nitrogens is 1. The second kappa shape index (κ2) is 9.85. The summed E-state index contributed by atoms with van der Waals surface area (Å²) >= 11 is 0. The molecule has 0 aliphatic carbocycles. The van der Waals surface area contributed by atoms with Crippen LogP contribution in [0.15, 0.2) is 48.2 Å². The van der Waals surface area contributed by atoms with Gasteiger partial charge in [0.1, 0.15) is 17.4 Å². The molecule has 0 bridgehead atoms. The Morgan fingerprint density at radius 3 is 2.31 bits per heavy atom. The Balaban J connectivity index is 1.94. The topological polar surface area (TPSA) is 84.2 Å². The molecule has 1 unspecified atom stereocenters. The highest BCUT2D eigenvalue weighted by Gasteiger charge is 2.59. The van der Waals surface area contributed by atoms with Crippen molar-refractivity contribution in [2.75, 3.05) is 13.7 Å².